The van der Waals surface area contributed by atoms with E-state index in [-0.39, 0.29) is 19.8 Å². The van der Waals surface area contributed by atoms with E-state index in [1.54, 1.807) is 50.5 Å². The fourth-order valence-corrected chi connectivity index (χ4v) is 1.36. The van der Waals surface area contributed by atoms with Crippen LogP contribution in [0.2, 0.25) is 0 Å². The molecule has 1 aromatic rings. The number of nitrogens with one attached hydrogen (secondary N) is 1. The van der Waals surface area contributed by atoms with Gasteiger partial charge in [0.1, 0.15) is 19.0 Å². The Kier molecular flexibility index (Phi) is 7.96. The highest BCUT2D eigenvalue weighted by Gasteiger charge is 2.02. The van der Waals surface area contributed by atoms with Crippen molar-refractivity contribution in [3.8, 4) is 5.75 Å². The first-order valence-electron chi connectivity index (χ1n) is 6.68. The third-order valence-electron chi connectivity index (χ3n) is 2.37. The maximum Gasteiger partial charge on any atom is 0.508 e. The monoisotopic (exact) mass is 309 g/mol. The molecular weight excluding hydrogens is 290 g/mol. The Morgan fingerprint density at radius 2 is 1.68 bits per heavy atom. The molecule has 1 N–H and O–H groups in total. The first kappa shape index (κ1) is 17.4. The largest absolute Gasteiger partial charge is 0.508 e. The first-order chi connectivity index (χ1) is 10.7. The number of hydrogen-bond donors (Lipinski definition) is 1. The maximum absolute atomic E-state index is 11.5. The zero-order chi connectivity index (χ0) is 16.2. The van der Waals surface area contributed by atoms with Gasteiger partial charge < -0.3 is 18.9 Å². The van der Waals surface area contributed by atoms with E-state index in [0.29, 0.717) is 11.4 Å². The van der Waals surface area contributed by atoms with Gasteiger partial charge in [-0.05, 0) is 43.3 Å². The Balaban J connectivity index is 2.18. The van der Waals surface area contributed by atoms with Crippen molar-refractivity contribution in [2.45, 2.75) is 6.92 Å². The standard InChI is InChI=1S/C15H19NO6/c1-3-20-15(18)22-11-5-4-10-21-14(17)16-12-6-8-13(19-2)9-7-12/h4-9H,3,10-11H2,1-2H3,(H,16,17)/b5-4+. The van der Waals surface area contributed by atoms with Crippen LogP contribution in [0.15, 0.2) is 36.4 Å². The summed E-state index contributed by atoms with van der Waals surface area (Å²) in [6.45, 7) is 2.07. The number of benzene rings is 1. The third kappa shape index (κ3) is 7.18. The van der Waals surface area contributed by atoms with Gasteiger partial charge in [0.05, 0.1) is 13.7 Å². The van der Waals surface area contributed by atoms with E-state index in [0.717, 1.165) is 0 Å². The Hall–Kier alpha value is -2.70. The van der Waals surface area contributed by atoms with Crippen molar-refractivity contribution < 1.29 is 28.5 Å². The predicted molar refractivity (Wildman–Crippen MR) is 80.1 cm³/mol. The maximum atomic E-state index is 11.5. The number of hydrogen-bond acceptors (Lipinski definition) is 6. The summed E-state index contributed by atoms with van der Waals surface area (Å²) in [5, 5.41) is 2.56. The van der Waals surface area contributed by atoms with Gasteiger partial charge in [0.15, 0.2) is 0 Å². The van der Waals surface area contributed by atoms with Crippen molar-refractivity contribution in [1.29, 1.82) is 0 Å². The molecule has 7 heteroatoms. The fourth-order valence-electron chi connectivity index (χ4n) is 1.36. The van der Waals surface area contributed by atoms with E-state index >= 15 is 0 Å². The molecule has 0 aliphatic rings. The Morgan fingerprint density at radius 3 is 2.27 bits per heavy atom. The number of anilines is 1. The van der Waals surface area contributed by atoms with Gasteiger partial charge in [-0.15, -0.1) is 0 Å². The Bertz CT molecular complexity index is 497. The molecule has 0 unspecified atom stereocenters. The third-order valence-corrected chi connectivity index (χ3v) is 2.37. The highest BCUT2D eigenvalue weighted by Crippen LogP contribution is 2.14. The molecule has 0 aliphatic heterocycles. The van der Waals surface area contributed by atoms with Gasteiger partial charge in [-0.2, -0.15) is 0 Å². The number of methoxy groups -OCH3 is 1. The van der Waals surface area contributed by atoms with Gasteiger partial charge in [-0.25, -0.2) is 9.59 Å². The second-order valence-electron chi connectivity index (χ2n) is 3.92. The van der Waals surface area contributed by atoms with E-state index in [2.05, 4.69) is 10.1 Å². The summed E-state index contributed by atoms with van der Waals surface area (Å²) in [6.07, 6.45) is 1.80. The molecule has 0 aromatic heterocycles. The van der Waals surface area contributed by atoms with Gasteiger partial charge >= 0.3 is 12.2 Å². The first-order valence-corrected chi connectivity index (χ1v) is 6.68. The van der Waals surface area contributed by atoms with Crippen LogP contribution in [0.4, 0.5) is 15.3 Å². The molecule has 0 spiro atoms. The van der Waals surface area contributed by atoms with Gasteiger partial charge in [-0.1, -0.05) is 0 Å². The van der Waals surface area contributed by atoms with Crippen molar-refractivity contribution in [2.75, 3.05) is 32.2 Å². The molecule has 0 atom stereocenters. The number of amides is 1. The molecule has 120 valence electrons. The topological polar surface area (TPSA) is 83.1 Å². The van der Waals surface area contributed by atoms with Crippen LogP contribution in [-0.4, -0.2) is 39.2 Å². The molecule has 0 saturated carbocycles. The van der Waals surface area contributed by atoms with E-state index in [1.165, 1.54) is 0 Å². The molecule has 0 saturated heterocycles. The molecule has 0 bridgehead atoms. The van der Waals surface area contributed by atoms with E-state index in [1.807, 2.05) is 0 Å². The highest BCUT2D eigenvalue weighted by molar-refractivity contribution is 5.84. The number of carbonyl (C=O) groups excluding carboxylic acids is 2. The minimum absolute atomic E-state index is 0.0578. The minimum Gasteiger partial charge on any atom is -0.497 e. The fraction of sp³-hybridized carbons (Fsp3) is 0.333. The van der Waals surface area contributed by atoms with Crippen LogP contribution in [0.3, 0.4) is 0 Å². The molecule has 22 heavy (non-hydrogen) atoms. The predicted octanol–water partition coefficient (Wildman–Crippen LogP) is 2.97. The van der Waals surface area contributed by atoms with Crippen LogP contribution in [-0.2, 0) is 14.2 Å². The second kappa shape index (κ2) is 10.1. The summed E-state index contributed by atoms with van der Waals surface area (Å²) in [4.78, 5) is 22.3. The summed E-state index contributed by atoms with van der Waals surface area (Å²) in [6, 6.07) is 6.84. The Morgan fingerprint density at radius 1 is 1.05 bits per heavy atom. The summed E-state index contributed by atoms with van der Waals surface area (Å²) >= 11 is 0. The van der Waals surface area contributed by atoms with Crippen LogP contribution >= 0.6 is 0 Å². The molecule has 0 aliphatic carbocycles. The van der Waals surface area contributed by atoms with Crippen LogP contribution in [0, 0.1) is 0 Å². The lowest BCUT2D eigenvalue weighted by molar-refractivity contribution is 0.0672. The van der Waals surface area contributed by atoms with Crippen molar-refractivity contribution in [2.24, 2.45) is 0 Å². The van der Waals surface area contributed by atoms with Gasteiger partial charge in [-0.3, -0.25) is 5.32 Å². The SMILES string of the molecule is CCOC(=O)OC/C=C/COC(=O)Nc1ccc(OC)cc1. The van der Waals surface area contributed by atoms with Crippen LogP contribution in [0.1, 0.15) is 6.92 Å². The number of ether oxygens (including phenoxy) is 4. The molecule has 1 aromatic carbocycles. The normalized spacial score (nSPS) is 10.1. The minimum atomic E-state index is -0.731. The zero-order valence-electron chi connectivity index (χ0n) is 12.5. The van der Waals surface area contributed by atoms with Gasteiger partial charge in [0, 0.05) is 5.69 Å². The van der Waals surface area contributed by atoms with Crippen molar-refractivity contribution >= 4 is 17.9 Å². The second-order valence-corrected chi connectivity index (χ2v) is 3.92. The molecule has 7 nitrogen and oxygen atoms in total. The smallest absolute Gasteiger partial charge is 0.497 e. The van der Waals surface area contributed by atoms with E-state index in [9.17, 15) is 9.59 Å². The van der Waals surface area contributed by atoms with E-state index in [4.69, 9.17) is 14.2 Å². The van der Waals surface area contributed by atoms with Crippen LogP contribution in [0.25, 0.3) is 0 Å². The van der Waals surface area contributed by atoms with Gasteiger partial charge in [0.25, 0.3) is 0 Å². The van der Waals surface area contributed by atoms with Crippen molar-refractivity contribution in [3.63, 3.8) is 0 Å². The molecule has 0 heterocycles. The molecule has 1 amide bonds. The summed E-state index contributed by atoms with van der Waals surface area (Å²) in [7, 11) is 1.56. The number of carbonyl (C=O) groups is 2. The highest BCUT2D eigenvalue weighted by atomic mass is 16.7. The van der Waals surface area contributed by atoms with Crippen LogP contribution in [0.5, 0.6) is 5.75 Å². The summed E-state index contributed by atoms with van der Waals surface area (Å²) < 4.78 is 19.2. The number of rotatable bonds is 7. The molecule has 1 rings (SSSR count). The van der Waals surface area contributed by atoms with E-state index < -0.39 is 12.2 Å². The average molecular weight is 309 g/mol. The quantitative estimate of drug-likeness (QED) is 0.616. The van der Waals surface area contributed by atoms with Crippen molar-refractivity contribution in [3.05, 3.63) is 36.4 Å². The lowest BCUT2D eigenvalue weighted by Gasteiger charge is -2.06. The lowest BCUT2D eigenvalue weighted by atomic mass is 10.3. The van der Waals surface area contributed by atoms with Gasteiger partial charge in [0.2, 0.25) is 0 Å². The van der Waals surface area contributed by atoms with Crippen molar-refractivity contribution in [1.82, 2.24) is 0 Å². The van der Waals surface area contributed by atoms with Crippen LogP contribution < -0.4 is 10.1 Å². The molecular formula is C15H19NO6. The Labute approximate surface area is 128 Å². The summed E-state index contributed by atoms with van der Waals surface area (Å²) in [5.41, 5.74) is 0.598. The molecule has 0 radical (unpaired) electrons. The summed E-state index contributed by atoms with van der Waals surface area (Å²) in [5.74, 6) is 0.698. The zero-order valence-corrected chi connectivity index (χ0v) is 12.5. The average Bonchev–Trinajstić information content (AvgIpc) is 2.51. The molecule has 0 fully saturated rings. The lowest BCUT2D eigenvalue weighted by Crippen LogP contribution is -2.13.